The molecular formula is C21H27N3O. The molecule has 25 heavy (non-hydrogen) atoms. The van der Waals surface area contributed by atoms with Crippen LogP contribution in [-0.2, 0) is 13.0 Å². The number of anilines is 1. The zero-order chi connectivity index (χ0) is 17.6. The van der Waals surface area contributed by atoms with Crippen LogP contribution in [0.1, 0.15) is 28.4 Å². The molecule has 1 aliphatic rings. The molecule has 0 saturated carbocycles. The average molecular weight is 337 g/mol. The Bertz CT molecular complexity index is 721. The third kappa shape index (κ3) is 4.40. The predicted octanol–water partition coefficient (Wildman–Crippen LogP) is 3.25. The summed E-state index contributed by atoms with van der Waals surface area (Å²) in [5.74, 6) is 0.143. The Kier molecular flexibility index (Phi) is 5.71. The predicted molar refractivity (Wildman–Crippen MR) is 103 cm³/mol. The monoisotopic (exact) mass is 337 g/mol. The van der Waals surface area contributed by atoms with Gasteiger partial charge in [0, 0.05) is 44.0 Å². The second kappa shape index (κ2) is 8.17. The van der Waals surface area contributed by atoms with Gasteiger partial charge in [-0.2, -0.15) is 0 Å². The topological polar surface area (TPSA) is 35.6 Å². The Balaban J connectivity index is 1.66. The normalized spacial score (nSPS) is 15.2. The maximum absolute atomic E-state index is 12.7. The van der Waals surface area contributed by atoms with Gasteiger partial charge in [0.15, 0.2) is 0 Å². The first-order valence-corrected chi connectivity index (χ1v) is 9.06. The second-order valence-electron chi connectivity index (χ2n) is 6.66. The van der Waals surface area contributed by atoms with Crippen LogP contribution in [-0.4, -0.2) is 48.9 Å². The van der Waals surface area contributed by atoms with E-state index in [1.807, 2.05) is 23.1 Å². The minimum Gasteiger partial charge on any atom is -0.381 e. The van der Waals surface area contributed by atoms with Crippen LogP contribution in [0, 0.1) is 0 Å². The highest BCUT2D eigenvalue weighted by Gasteiger charge is 2.20. The van der Waals surface area contributed by atoms with Gasteiger partial charge in [-0.05, 0) is 42.8 Å². The summed E-state index contributed by atoms with van der Waals surface area (Å²) in [4.78, 5) is 16.9. The number of rotatable bonds is 5. The van der Waals surface area contributed by atoms with E-state index in [2.05, 4.69) is 54.5 Å². The Labute approximate surface area is 150 Å². The standard InChI is InChI=1S/C21H27N3O/c1-3-18-8-4-5-10-20(18)22-16-17-7-6-9-19(15-17)21(25)24-13-11-23(2)12-14-24/h4-10,15,22H,3,11-14,16H2,1-2H3. The SMILES string of the molecule is CCc1ccccc1NCc1cccc(C(=O)N2CCN(C)CC2)c1. The van der Waals surface area contributed by atoms with E-state index in [4.69, 9.17) is 0 Å². The Hall–Kier alpha value is -2.33. The minimum atomic E-state index is 0.143. The van der Waals surface area contributed by atoms with Crippen LogP contribution >= 0.6 is 0 Å². The molecule has 4 nitrogen and oxygen atoms in total. The molecule has 1 fully saturated rings. The van der Waals surface area contributed by atoms with E-state index in [1.165, 1.54) is 11.3 Å². The van der Waals surface area contributed by atoms with Crippen LogP contribution in [0.3, 0.4) is 0 Å². The summed E-state index contributed by atoms with van der Waals surface area (Å²) in [6, 6.07) is 16.4. The van der Waals surface area contributed by atoms with Crippen molar-refractivity contribution in [1.82, 2.24) is 9.80 Å². The first-order valence-electron chi connectivity index (χ1n) is 9.06. The van der Waals surface area contributed by atoms with Crippen molar-refractivity contribution in [3.63, 3.8) is 0 Å². The lowest BCUT2D eigenvalue weighted by Crippen LogP contribution is -2.47. The lowest BCUT2D eigenvalue weighted by Gasteiger charge is -2.32. The van der Waals surface area contributed by atoms with E-state index in [1.54, 1.807) is 0 Å². The van der Waals surface area contributed by atoms with Crippen molar-refractivity contribution in [3.8, 4) is 0 Å². The maximum atomic E-state index is 12.7. The third-order valence-electron chi connectivity index (χ3n) is 4.85. The Morgan fingerprint density at radius 1 is 1.04 bits per heavy atom. The molecule has 3 rings (SSSR count). The third-order valence-corrected chi connectivity index (χ3v) is 4.85. The number of carbonyl (C=O) groups is 1. The molecule has 0 aliphatic carbocycles. The number of likely N-dealkylation sites (N-methyl/N-ethyl adjacent to an activating group) is 1. The van der Waals surface area contributed by atoms with Gasteiger partial charge in [-0.3, -0.25) is 4.79 Å². The summed E-state index contributed by atoms with van der Waals surface area (Å²) in [6.07, 6.45) is 1.01. The fourth-order valence-corrected chi connectivity index (χ4v) is 3.20. The highest BCUT2D eigenvalue weighted by atomic mass is 16.2. The van der Waals surface area contributed by atoms with Crippen molar-refractivity contribution in [2.75, 3.05) is 38.5 Å². The molecular weight excluding hydrogens is 310 g/mol. The summed E-state index contributed by atoms with van der Waals surface area (Å²) >= 11 is 0. The van der Waals surface area contributed by atoms with E-state index in [-0.39, 0.29) is 5.91 Å². The number of nitrogens with zero attached hydrogens (tertiary/aromatic N) is 2. The molecule has 0 spiro atoms. The number of hydrogen-bond acceptors (Lipinski definition) is 3. The number of piperazine rings is 1. The second-order valence-corrected chi connectivity index (χ2v) is 6.66. The molecule has 1 saturated heterocycles. The Morgan fingerprint density at radius 3 is 2.56 bits per heavy atom. The van der Waals surface area contributed by atoms with Crippen LogP contribution in [0.15, 0.2) is 48.5 Å². The number of hydrogen-bond donors (Lipinski definition) is 1. The van der Waals surface area contributed by atoms with Gasteiger partial charge in [0.25, 0.3) is 5.91 Å². The van der Waals surface area contributed by atoms with E-state index in [0.717, 1.165) is 50.3 Å². The summed E-state index contributed by atoms with van der Waals surface area (Å²) < 4.78 is 0. The molecule has 1 aliphatic heterocycles. The molecule has 1 heterocycles. The average Bonchev–Trinajstić information content (AvgIpc) is 2.67. The zero-order valence-electron chi connectivity index (χ0n) is 15.2. The van der Waals surface area contributed by atoms with Gasteiger partial charge in [0.05, 0.1) is 0 Å². The summed E-state index contributed by atoms with van der Waals surface area (Å²) in [6.45, 7) is 6.39. The molecule has 4 heteroatoms. The number of benzene rings is 2. The van der Waals surface area contributed by atoms with Gasteiger partial charge >= 0.3 is 0 Å². The number of carbonyl (C=O) groups excluding carboxylic acids is 1. The number of aryl methyl sites for hydroxylation is 1. The van der Waals surface area contributed by atoms with Gasteiger partial charge in [-0.25, -0.2) is 0 Å². The fraction of sp³-hybridized carbons (Fsp3) is 0.381. The first kappa shape index (κ1) is 17.5. The lowest BCUT2D eigenvalue weighted by molar-refractivity contribution is 0.0664. The van der Waals surface area contributed by atoms with Crippen LogP contribution < -0.4 is 5.32 Å². The molecule has 2 aromatic rings. The fourth-order valence-electron chi connectivity index (χ4n) is 3.20. The van der Waals surface area contributed by atoms with Gasteiger partial charge in [-0.15, -0.1) is 0 Å². The molecule has 0 atom stereocenters. The van der Waals surface area contributed by atoms with E-state index in [9.17, 15) is 4.79 Å². The smallest absolute Gasteiger partial charge is 0.253 e. The largest absolute Gasteiger partial charge is 0.381 e. The maximum Gasteiger partial charge on any atom is 0.253 e. The van der Waals surface area contributed by atoms with Crippen LogP contribution in [0.25, 0.3) is 0 Å². The highest BCUT2D eigenvalue weighted by Crippen LogP contribution is 2.17. The molecule has 0 bridgehead atoms. The van der Waals surface area contributed by atoms with E-state index < -0.39 is 0 Å². The first-order chi connectivity index (χ1) is 12.2. The molecule has 0 aromatic heterocycles. The molecule has 0 unspecified atom stereocenters. The van der Waals surface area contributed by atoms with Crippen LogP contribution in [0.5, 0.6) is 0 Å². The van der Waals surface area contributed by atoms with Gasteiger partial charge in [-0.1, -0.05) is 37.3 Å². The van der Waals surface area contributed by atoms with Crippen molar-refractivity contribution in [3.05, 3.63) is 65.2 Å². The highest BCUT2D eigenvalue weighted by molar-refractivity contribution is 5.94. The quantitative estimate of drug-likeness (QED) is 0.910. The Morgan fingerprint density at radius 2 is 1.80 bits per heavy atom. The van der Waals surface area contributed by atoms with Crippen molar-refractivity contribution < 1.29 is 4.79 Å². The minimum absolute atomic E-state index is 0.143. The van der Waals surface area contributed by atoms with Crippen LogP contribution in [0.2, 0.25) is 0 Å². The molecule has 1 amide bonds. The zero-order valence-corrected chi connectivity index (χ0v) is 15.2. The number of amides is 1. The number of para-hydroxylation sites is 1. The molecule has 1 N–H and O–H groups in total. The van der Waals surface area contributed by atoms with E-state index in [0.29, 0.717) is 0 Å². The summed E-state index contributed by atoms with van der Waals surface area (Å²) in [5, 5.41) is 3.50. The van der Waals surface area contributed by atoms with Gasteiger partial charge in [0.2, 0.25) is 0 Å². The number of nitrogens with one attached hydrogen (secondary N) is 1. The van der Waals surface area contributed by atoms with Crippen molar-refractivity contribution in [1.29, 1.82) is 0 Å². The van der Waals surface area contributed by atoms with Crippen molar-refractivity contribution in [2.45, 2.75) is 19.9 Å². The van der Waals surface area contributed by atoms with Crippen molar-refractivity contribution in [2.24, 2.45) is 0 Å². The summed E-state index contributed by atoms with van der Waals surface area (Å²) in [7, 11) is 2.10. The van der Waals surface area contributed by atoms with Gasteiger partial charge < -0.3 is 15.1 Å². The lowest BCUT2D eigenvalue weighted by atomic mass is 10.1. The van der Waals surface area contributed by atoms with Crippen molar-refractivity contribution >= 4 is 11.6 Å². The van der Waals surface area contributed by atoms with Crippen LogP contribution in [0.4, 0.5) is 5.69 Å². The summed E-state index contributed by atoms with van der Waals surface area (Å²) in [5.41, 5.74) is 4.39. The molecule has 132 valence electrons. The van der Waals surface area contributed by atoms with E-state index >= 15 is 0 Å². The molecule has 0 radical (unpaired) electrons. The van der Waals surface area contributed by atoms with Gasteiger partial charge in [0.1, 0.15) is 0 Å². The molecule has 2 aromatic carbocycles.